The van der Waals surface area contributed by atoms with Crippen LogP contribution in [0.25, 0.3) is 22.1 Å². The Morgan fingerprint density at radius 1 is 0.732 bits per heavy atom. The van der Waals surface area contributed by atoms with Gasteiger partial charge in [-0.25, -0.2) is 39.5 Å². The van der Waals surface area contributed by atoms with E-state index in [2.05, 4.69) is 83.3 Å². The molecule has 0 aromatic carbocycles. The van der Waals surface area contributed by atoms with E-state index in [1.54, 1.807) is 23.1 Å². The van der Waals surface area contributed by atoms with Crippen molar-refractivity contribution in [2.24, 2.45) is 0 Å². The molecule has 0 unspecified atom stereocenters. The second kappa shape index (κ2) is 24.7. The van der Waals surface area contributed by atoms with E-state index >= 15 is 0 Å². The molecule has 2 saturated heterocycles. The van der Waals surface area contributed by atoms with Crippen molar-refractivity contribution in [3.63, 3.8) is 0 Å². The van der Waals surface area contributed by atoms with Crippen LogP contribution in [0.4, 0.5) is 21.0 Å². The van der Waals surface area contributed by atoms with Gasteiger partial charge in [-0.3, -0.25) is 6.42 Å². The molecule has 6 aromatic heterocycles. The summed E-state index contributed by atoms with van der Waals surface area (Å²) in [4.78, 5) is 63.9. The monoisotopic (exact) mass is 1230 g/mol. The first kappa shape index (κ1) is 56.8. The Labute approximate surface area is 460 Å². The van der Waals surface area contributed by atoms with Crippen LogP contribution >= 0.6 is 77.8 Å². The third-order valence-corrected chi connectivity index (χ3v) is 12.3. The van der Waals surface area contributed by atoms with Crippen LogP contribution in [0.1, 0.15) is 96.4 Å². The first-order chi connectivity index (χ1) is 33.5. The molecule has 2 fully saturated rings. The first-order valence-electron chi connectivity index (χ1n) is 23.0. The number of carbonyl (C=O) groups is 2. The predicted molar refractivity (Wildman–Crippen MR) is 288 cm³/mol. The second-order valence-corrected chi connectivity index (χ2v) is 22.0. The van der Waals surface area contributed by atoms with Crippen molar-refractivity contribution in [1.29, 1.82) is 0 Å². The van der Waals surface area contributed by atoms with Crippen LogP contribution in [0.15, 0.2) is 49.3 Å². The van der Waals surface area contributed by atoms with E-state index in [1.165, 1.54) is 21.1 Å². The van der Waals surface area contributed by atoms with Crippen LogP contribution in [0.5, 0.6) is 0 Å². The third-order valence-electron chi connectivity index (χ3n) is 11.6. The van der Waals surface area contributed by atoms with Gasteiger partial charge in [-0.2, -0.15) is 0 Å². The topological polar surface area (TPSA) is 174 Å². The summed E-state index contributed by atoms with van der Waals surface area (Å²) >= 11 is 32.4. The normalized spacial score (nSPS) is 17.4. The number of anilines is 2. The number of rotatable bonds is 3. The van der Waals surface area contributed by atoms with E-state index in [0.29, 0.717) is 41.6 Å². The van der Waals surface area contributed by atoms with Gasteiger partial charge >= 0.3 is 46.7 Å². The minimum atomic E-state index is -0.498. The quantitative estimate of drug-likeness (QED) is 0.0429. The number of aromatic amines is 2. The summed E-state index contributed by atoms with van der Waals surface area (Å²) < 4.78 is 10.6. The van der Waals surface area contributed by atoms with Gasteiger partial charge in [-0.1, -0.05) is 34.8 Å². The molecule has 10 rings (SSSR count). The van der Waals surface area contributed by atoms with E-state index in [9.17, 15) is 9.59 Å². The fraction of sp³-hybridized carbons (Fsp3) is 0.479. The molecule has 0 saturated carbocycles. The zero-order chi connectivity index (χ0) is 51.9. The zero-order valence-corrected chi connectivity index (χ0v) is 50.1. The van der Waals surface area contributed by atoms with Gasteiger partial charge < -0.3 is 39.0 Å². The Kier molecular flexibility index (Phi) is 19.7. The fourth-order valence-electron chi connectivity index (χ4n) is 8.31. The van der Waals surface area contributed by atoms with Crippen molar-refractivity contribution >= 4 is 123 Å². The Bertz CT molecular complexity index is 2780. The summed E-state index contributed by atoms with van der Waals surface area (Å²) in [5.74, 6) is 0.183. The van der Waals surface area contributed by atoms with Gasteiger partial charge in [0.15, 0.2) is 0 Å². The molecule has 16 nitrogen and oxygen atoms in total. The van der Waals surface area contributed by atoms with Gasteiger partial charge in [0.2, 0.25) is 0 Å². The summed E-state index contributed by atoms with van der Waals surface area (Å²) in [6.45, 7) is 21.4. The third kappa shape index (κ3) is 14.8. The molecule has 0 spiro atoms. The number of ether oxygens (including phenoxy) is 2. The summed E-state index contributed by atoms with van der Waals surface area (Å²) in [7, 11) is 0. The number of H-pyrrole nitrogens is 2. The number of amides is 2. The van der Waals surface area contributed by atoms with Gasteiger partial charge in [0.05, 0.1) is 28.5 Å². The molecule has 4 aliphatic heterocycles. The minimum absolute atomic E-state index is 0.183. The van der Waals surface area contributed by atoms with Crippen LogP contribution in [0.2, 0.25) is 15.5 Å². The van der Waals surface area contributed by atoms with Crippen LogP contribution < -0.4 is 9.80 Å². The van der Waals surface area contributed by atoms with Crippen LogP contribution in [0.3, 0.4) is 0 Å². The number of nitrogens with one attached hydrogen (secondary N) is 2. The number of halogens is 6. The standard InChI is InChI=1S/C23H27ClN6O2.C15H13Cl2N5.C8H14NO2.C2H4Cl2.HI.Zn/c1-13-7-17-16(11-30(13)18-8-19(24)28-21-15(18)5-6-25-21)20(27-12-26-17)14-9-29(10-14)22(31)32-23(2,3)4;1-8-4-11-10(14(17)20-7-19-11)6-22(8)12-5-13(16)21-15-9(12)2-3-18-15;1-8(2,3)11-7(10)9-5-4-6-9;1-2(3)4;;/h5-6,8,12-14H,7,9-11H2,1-4H3,(H,25,28);2-3,5,7-8H,4,6H2,1H3,(H,18,21);4H,5-6H2,1-3H3;2H,1H3;1H;/q;;-1;;;+2/p-1/t13-;8-;;;;/m11..../s1. The number of likely N-dealkylation sites (tertiary alicyclic amines) is 2. The molecule has 2 amide bonds. The van der Waals surface area contributed by atoms with Gasteiger partial charge in [-0.05, 0) is 86.6 Å². The van der Waals surface area contributed by atoms with Crippen LogP contribution in [-0.2, 0) is 50.2 Å². The molecular weight excluding hydrogens is 1180 g/mol. The molecule has 6 aromatic rings. The summed E-state index contributed by atoms with van der Waals surface area (Å²) in [5.41, 5.74) is 8.07. The SMILES string of the molecule is CC(C)(C)OC(=O)N1C[CH-]C1.CC(Cl)Cl.C[C@@H]1Cc2ncnc(C3CN(C(=O)OC(C)(C)C)C3)c2CN1c1cc(Cl)nc2[nH]ccc12.C[C@@H]1Cc2ncnc(Cl)c2CN1c1cc(Cl)nc2[nH]ccc12.[Zn+][I]. The number of alkyl halides is 2. The maximum absolute atomic E-state index is 12.4. The maximum atomic E-state index is 12.4. The Morgan fingerprint density at radius 3 is 1.62 bits per heavy atom. The number of aromatic nitrogens is 8. The van der Waals surface area contributed by atoms with Crippen molar-refractivity contribution in [3.8, 4) is 0 Å². The van der Waals surface area contributed by atoms with E-state index < -0.39 is 5.60 Å². The van der Waals surface area contributed by atoms with E-state index in [0.717, 1.165) is 87.6 Å². The second-order valence-electron chi connectivity index (χ2n) is 19.3. The Hall–Kier alpha value is -3.52. The van der Waals surface area contributed by atoms with Crippen LogP contribution in [-0.4, -0.2) is 116 Å². The predicted octanol–water partition coefficient (Wildman–Crippen LogP) is 12.0. The first-order valence-corrected chi connectivity index (χ1v) is 34.0. The van der Waals surface area contributed by atoms with E-state index in [4.69, 9.17) is 67.5 Å². The van der Waals surface area contributed by atoms with Gasteiger partial charge in [0.1, 0.15) is 55.4 Å². The Morgan fingerprint density at radius 2 is 1.17 bits per heavy atom. The number of carbonyl (C=O) groups excluding carboxylic acids is 2. The van der Waals surface area contributed by atoms with Crippen molar-refractivity contribution < 1.29 is 33.9 Å². The average Bonchev–Trinajstić information content (AvgIpc) is 3.92. The van der Waals surface area contributed by atoms with Crippen LogP contribution in [0, 0.1) is 6.42 Å². The van der Waals surface area contributed by atoms with Gasteiger partial charge in [-0.15, -0.1) is 36.3 Å². The molecular formula is C48H58Cl5IN12O4Zn. The molecule has 10 heterocycles. The molecule has 0 radical (unpaired) electrons. The molecule has 378 valence electrons. The van der Waals surface area contributed by atoms with Crippen molar-refractivity contribution in [2.45, 2.75) is 122 Å². The molecule has 71 heavy (non-hydrogen) atoms. The molecule has 2 atom stereocenters. The number of pyridine rings is 2. The van der Waals surface area contributed by atoms with E-state index in [1.807, 2.05) is 84.6 Å². The average molecular weight is 1240 g/mol. The molecule has 2 N–H and O–H groups in total. The summed E-state index contributed by atoms with van der Waals surface area (Å²) in [5, 5.41) is 3.55. The van der Waals surface area contributed by atoms with Crippen molar-refractivity contribution in [2.75, 3.05) is 36.0 Å². The number of nitrogens with zero attached hydrogens (tertiary/aromatic N) is 10. The fourth-order valence-corrected chi connectivity index (χ4v) is 8.90. The molecule has 23 heteroatoms. The molecule has 0 bridgehead atoms. The van der Waals surface area contributed by atoms with Crippen molar-refractivity contribution in [1.82, 2.24) is 49.7 Å². The summed E-state index contributed by atoms with van der Waals surface area (Å²) in [6.07, 6.45) is 10.1. The molecule has 0 aliphatic carbocycles. The zero-order valence-electron chi connectivity index (χ0n) is 41.2. The number of fused-ring (bicyclic) bond motifs is 4. The van der Waals surface area contributed by atoms with E-state index in [-0.39, 0.29) is 40.6 Å². The van der Waals surface area contributed by atoms with Gasteiger partial charge in [0, 0.05) is 91.3 Å². The molecule has 4 aliphatic rings. The number of hydrogen-bond acceptors (Lipinski definition) is 12. The van der Waals surface area contributed by atoms with Gasteiger partial charge in [0.25, 0.3) is 0 Å². The van der Waals surface area contributed by atoms with Crippen molar-refractivity contribution in [3.05, 3.63) is 99.4 Å². The summed E-state index contributed by atoms with van der Waals surface area (Å²) in [6, 6.07) is 8.41. The number of hydrogen-bond donors (Lipinski definition) is 2. The Balaban J connectivity index is 0.000000182.